The van der Waals surface area contributed by atoms with Gasteiger partial charge in [-0.15, -0.1) is 0 Å². The van der Waals surface area contributed by atoms with Crippen LogP contribution in [0.3, 0.4) is 0 Å². The minimum Gasteiger partial charge on any atom is -0.489 e. The van der Waals surface area contributed by atoms with Gasteiger partial charge in [0.25, 0.3) is 5.69 Å². The molecule has 1 amide bonds. The first kappa shape index (κ1) is 22.7. The largest absolute Gasteiger partial charge is 0.489 e. The molecule has 0 radical (unpaired) electrons. The summed E-state index contributed by atoms with van der Waals surface area (Å²) in [7, 11) is 0. The molecule has 0 aliphatic carbocycles. The lowest BCUT2D eigenvalue weighted by Crippen LogP contribution is -2.41. The molecule has 0 atom stereocenters. The summed E-state index contributed by atoms with van der Waals surface area (Å²) in [4.78, 5) is 23.0. The highest BCUT2D eigenvalue weighted by molar-refractivity contribution is 5.99. The van der Waals surface area contributed by atoms with E-state index in [4.69, 9.17) is 4.74 Å². The number of carbonyl (C=O) groups is 1. The van der Waals surface area contributed by atoms with Crippen molar-refractivity contribution in [2.75, 3.05) is 4.90 Å². The lowest BCUT2D eigenvalue weighted by Gasteiger charge is -2.24. The SMILES string of the molecule is O=C(N(Cc1ccc(F)cc1)c1ccc(OCc2ccccc2)cc1[N+](=O)[O-])C(F)(F)F. The second kappa shape index (κ2) is 9.46. The lowest BCUT2D eigenvalue weighted by atomic mass is 10.1. The first-order chi connectivity index (χ1) is 15.1. The summed E-state index contributed by atoms with van der Waals surface area (Å²) in [5, 5.41) is 11.6. The zero-order valence-electron chi connectivity index (χ0n) is 16.4. The van der Waals surface area contributed by atoms with E-state index in [9.17, 15) is 32.5 Å². The number of nitro groups is 1. The number of hydrogen-bond acceptors (Lipinski definition) is 4. The quantitative estimate of drug-likeness (QED) is 0.275. The number of anilines is 1. The standard InChI is InChI=1S/C22H16F4N2O4/c23-17-8-6-15(7-9-17)13-27(21(29)22(24,25)26)19-11-10-18(12-20(19)28(30)31)32-14-16-4-2-1-3-5-16/h1-12H,13-14H2. The van der Waals surface area contributed by atoms with Gasteiger partial charge in [0.15, 0.2) is 0 Å². The molecule has 10 heteroatoms. The summed E-state index contributed by atoms with van der Waals surface area (Å²) in [6.07, 6.45) is -5.28. The molecule has 0 fully saturated rings. The number of halogens is 4. The lowest BCUT2D eigenvalue weighted by molar-refractivity contribution is -0.384. The molecule has 0 spiro atoms. The van der Waals surface area contributed by atoms with E-state index in [1.807, 2.05) is 0 Å². The number of rotatable bonds is 7. The molecule has 3 aromatic rings. The number of ether oxygens (including phenoxy) is 1. The molecule has 0 saturated heterocycles. The molecule has 0 N–H and O–H groups in total. The van der Waals surface area contributed by atoms with Crippen molar-refractivity contribution >= 4 is 17.3 Å². The van der Waals surface area contributed by atoms with E-state index in [0.717, 1.165) is 29.8 Å². The van der Waals surface area contributed by atoms with Gasteiger partial charge in [-0.2, -0.15) is 13.2 Å². The van der Waals surface area contributed by atoms with Gasteiger partial charge in [0.05, 0.1) is 17.5 Å². The van der Waals surface area contributed by atoms with Gasteiger partial charge in [-0.25, -0.2) is 4.39 Å². The normalized spacial score (nSPS) is 11.1. The number of carbonyl (C=O) groups excluding carboxylic acids is 1. The van der Waals surface area contributed by atoms with Crippen molar-refractivity contribution in [2.45, 2.75) is 19.3 Å². The van der Waals surface area contributed by atoms with Gasteiger partial charge in [-0.1, -0.05) is 42.5 Å². The van der Waals surface area contributed by atoms with Gasteiger partial charge < -0.3 is 4.74 Å². The summed E-state index contributed by atoms with van der Waals surface area (Å²) in [6.45, 7) is -0.568. The van der Waals surface area contributed by atoms with Gasteiger partial charge in [0.2, 0.25) is 0 Å². The van der Waals surface area contributed by atoms with E-state index in [2.05, 4.69) is 0 Å². The van der Waals surface area contributed by atoms with Crippen LogP contribution < -0.4 is 9.64 Å². The molecule has 0 aliphatic heterocycles. The van der Waals surface area contributed by atoms with E-state index in [1.165, 1.54) is 18.2 Å². The third-order valence-electron chi connectivity index (χ3n) is 4.42. The average molecular weight is 448 g/mol. The fourth-order valence-electron chi connectivity index (χ4n) is 2.90. The van der Waals surface area contributed by atoms with Crippen LogP contribution in [0, 0.1) is 15.9 Å². The number of hydrogen-bond donors (Lipinski definition) is 0. The third-order valence-corrected chi connectivity index (χ3v) is 4.42. The van der Waals surface area contributed by atoms with Crippen molar-refractivity contribution in [3.63, 3.8) is 0 Å². The Morgan fingerprint density at radius 3 is 2.22 bits per heavy atom. The second-order valence-electron chi connectivity index (χ2n) is 6.70. The first-order valence-corrected chi connectivity index (χ1v) is 9.23. The Bertz CT molecular complexity index is 1100. The van der Waals surface area contributed by atoms with Crippen LogP contribution >= 0.6 is 0 Å². The first-order valence-electron chi connectivity index (χ1n) is 9.23. The highest BCUT2D eigenvalue weighted by Gasteiger charge is 2.44. The van der Waals surface area contributed by atoms with Gasteiger partial charge in [-0.3, -0.25) is 19.8 Å². The van der Waals surface area contributed by atoms with Crippen molar-refractivity contribution in [1.29, 1.82) is 0 Å². The zero-order valence-corrected chi connectivity index (χ0v) is 16.4. The Labute approximate surface area is 179 Å². The van der Waals surface area contributed by atoms with Crippen LogP contribution in [0.4, 0.5) is 28.9 Å². The maximum atomic E-state index is 13.2. The summed E-state index contributed by atoms with van der Waals surface area (Å²) in [5.41, 5.74) is -0.365. The van der Waals surface area contributed by atoms with E-state index < -0.39 is 40.7 Å². The number of alkyl halides is 3. The fraction of sp³-hybridized carbons (Fsp3) is 0.136. The molecular formula is C22H16F4N2O4. The monoisotopic (exact) mass is 448 g/mol. The van der Waals surface area contributed by atoms with Crippen LogP contribution in [-0.2, 0) is 17.9 Å². The minimum atomic E-state index is -5.28. The van der Waals surface area contributed by atoms with Crippen molar-refractivity contribution in [2.24, 2.45) is 0 Å². The van der Waals surface area contributed by atoms with Gasteiger partial charge >= 0.3 is 12.1 Å². The third kappa shape index (κ3) is 5.60. The average Bonchev–Trinajstić information content (AvgIpc) is 2.77. The van der Waals surface area contributed by atoms with E-state index in [-0.39, 0.29) is 22.8 Å². The molecule has 0 aliphatic rings. The molecule has 0 aromatic heterocycles. The number of nitro benzene ring substituents is 1. The molecule has 3 rings (SSSR count). The van der Waals surface area contributed by atoms with Gasteiger partial charge in [-0.05, 0) is 35.4 Å². The predicted molar refractivity (Wildman–Crippen MR) is 108 cm³/mol. The summed E-state index contributed by atoms with van der Waals surface area (Å²) >= 11 is 0. The van der Waals surface area contributed by atoms with Crippen molar-refractivity contribution in [3.05, 3.63) is 99.9 Å². The summed E-state index contributed by atoms with van der Waals surface area (Å²) in [5.74, 6) is -2.86. The Morgan fingerprint density at radius 1 is 0.969 bits per heavy atom. The van der Waals surface area contributed by atoms with Gasteiger partial charge in [0, 0.05) is 0 Å². The molecule has 3 aromatic carbocycles. The number of amides is 1. The molecule has 0 heterocycles. The maximum Gasteiger partial charge on any atom is 0.471 e. The predicted octanol–water partition coefficient (Wildman–Crippen LogP) is 5.41. The maximum absolute atomic E-state index is 13.2. The van der Waals surface area contributed by atoms with E-state index in [1.54, 1.807) is 30.3 Å². The molecule has 0 saturated carbocycles. The number of benzene rings is 3. The smallest absolute Gasteiger partial charge is 0.471 e. The Hall–Kier alpha value is -3.95. The molecule has 0 bridgehead atoms. The second-order valence-corrected chi connectivity index (χ2v) is 6.70. The highest BCUT2D eigenvalue weighted by Crippen LogP contribution is 2.35. The van der Waals surface area contributed by atoms with Crippen LogP contribution in [-0.4, -0.2) is 17.0 Å². The summed E-state index contributed by atoms with van der Waals surface area (Å²) in [6, 6.07) is 16.5. The van der Waals surface area contributed by atoms with Crippen molar-refractivity contribution in [3.8, 4) is 5.75 Å². The topological polar surface area (TPSA) is 72.7 Å². The molecule has 166 valence electrons. The molecule has 6 nitrogen and oxygen atoms in total. The molecular weight excluding hydrogens is 432 g/mol. The Kier molecular flexibility index (Phi) is 6.72. The minimum absolute atomic E-state index is 0.0468. The molecule has 0 unspecified atom stereocenters. The van der Waals surface area contributed by atoms with E-state index in [0.29, 0.717) is 0 Å². The summed E-state index contributed by atoms with van der Waals surface area (Å²) < 4.78 is 58.3. The van der Waals surface area contributed by atoms with Crippen LogP contribution in [0.2, 0.25) is 0 Å². The van der Waals surface area contributed by atoms with Gasteiger partial charge in [0.1, 0.15) is 23.9 Å². The Balaban J connectivity index is 1.95. The van der Waals surface area contributed by atoms with Crippen LogP contribution in [0.15, 0.2) is 72.8 Å². The Morgan fingerprint density at radius 2 is 1.62 bits per heavy atom. The molecule has 32 heavy (non-hydrogen) atoms. The fourth-order valence-corrected chi connectivity index (χ4v) is 2.90. The number of nitrogens with zero attached hydrogens (tertiary/aromatic N) is 2. The van der Waals surface area contributed by atoms with Crippen LogP contribution in [0.25, 0.3) is 0 Å². The van der Waals surface area contributed by atoms with Crippen molar-refractivity contribution < 1.29 is 32.0 Å². The highest BCUT2D eigenvalue weighted by atomic mass is 19.4. The van der Waals surface area contributed by atoms with Crippen LogP contribution in [0.1, 0.15) is 11.1 Å². The zero-order chi connectivity index (χ0) is 23.3. The van der Waals surface area contributed by atoms with Crippen LogP contribution in [0.5, 0.6) is 5.75 Å². The van der Waals surface area contributed by atoms with Crippen molar-refractivity contribution in [1.82, 2.24) is 0 Å². The van der Waals surface area contributed by atoms with E-state index >= 15 is 0 Å².